The zero-order chi connectivity index (χ0) is 21.8. The number of piperidine rings is 1. The summed E-state index contributed by atoms with van der Waals surface area (Å²) in [5.74, 6) is -0.416. The minimum atomic E-state index is -0.316. The third-order valence-corrected chi connectivity index (χ3v) is 6.78. The van der Waals surface area contributed by atoms with E-state index in [9.17, 15) is 14.0 Å². The smallest absolute Gasteiger partial charge is 0.226 e. The first-order chi connectivity index (χ1) is 15.0. The van der Waals surface area contributed by atoms with E-state index in [1.165, 1.54) is 11.6 Å². The fourth-order valence-corrected chi connectivity index (χ4v) is 5.03. The van der Waals surface area contributed by atoms with Gasteiger partial charge in [0.2, 0.25) is 11.8 Å². The number of carbonyl (C=O) groups excluding carboxylic acids is 2. The van der Waals surface area contributed by atoms with E-state index in [1.54, 1.807) is 18.2 Å². The van der Waals surface area contributed by atoms with Gasteiger partial charge in [0.15, 0.2) is 0 Å². The zero-order valence-corrected chi connectivity index (χ0v) is 18.1. The van der Waals surface area contributed by atoms with Crippen molar-refractivity contribution in [2.75, 3.05) is 6.54 Å². The lowest BCUT2D eigenvalue weighted by Gasteiger charge is -2.41. The third-order valence-electron chi connectivity index (χ3n) is 6.78. The molecule has 1 heterocycles. The standard InChI is InChI=1S/C26H31FN2O2/c1-18-7-6-11-20(15-18)24-14-13-22(17-29(24)26(31)19-8-2-3-9-19)25(30)28-16-21-10-4-5-12-23(21)27/h4-7,10-12,15,19,22,24H,2-3,8-9,13-14,16-17H2,1H3,(H,28,30)/t22-,24-/m1/s1. The van der Waals surface area contributed by atoms with Gasteiger partial charge in [0.05, 0.1) is 12.0 Å². The molecule has 31 heavy (non-hydrogen) atoms. The zero-order valence-electron chi connectivity index (χ0n) is 18.1. The molecule has 2 atom stereocenters. The van der Waals surface area contributed by atoms with Crippen molar-refractivity contribution < 1.29 is 14.0 Å². The maximum absolute atomic E-state index is 13.9. The van der Waals surface area contributed by atoms with E-state index in [4.69, 9.17) is 0 Å². The Morgan fingerprint density at radius 2 is 1.77 bits per heavy atom. The first-order valence-corrected chi connectivity index (χ1v) is 11.4. The molecule has 164 valence electrons. The Labute approximate surface area is 183 Å². The highest BCUT2D eigenvalue weighted by Crippen LogP contribution is 2.37. The van der Waals surface area contributed by atoms with Gasteiger partial charge in [0.1, 0.15) is 5.82 Å². The van der Waals surface area contributed by atoms with Gasteiger partial charge in [-0.1, -0.05) is 60.9 Å². The molecule has 0 aromatic heterocycles. The van der Waals surface area contributed by atoms with Gasteiger partial charge in [-0.15, -0.1) is 0 Å². The molecular weight excluding hydrogens is 391 g/mol. The van der Waals surface area contributed by atoms with Crippen molar-refractivity contribution in [1.29, 1.82) is 0 Å². The highest BCUT2D eigenvalue weighted by molar-refractivity contribution is 5.83. The second-order valence-electron chi connectivity index (χ2n) is 8.99. The van der Waals surface area contributed by atoms with Crippen molar-refractivity contribution in [3.63, 3.8) is 0 Å². The molecule has 4 rings (SSSR count). The van der Waals surface area contributed by atoms with E-state index < -0.39 is 0 Å². The summed E-state index contributed by atoms with van der Waals surface area (Å²) in [5, 5.41) is 2.89. The molecule has 2 amide bonds. The van der Waals surface area contributed by atoms with Crippen molar-refractivity contribution >= 4 is 11.8 Å². The Kier molecular flexibility index (Phi) is 6.69. The largest absolute Gasteiger partial charge is 0.352 e. The van der Waals surface area contributed by atoms with Crippen LogP contribution in [0.5, 0.6) is 0 Å². The topological polar surface area (TPSA) is 49.4 Å². The lowest BCUT2D eigenvalue weighted by Crippen LogP contribution is -2.48. The predicted molar refractivity (Wildman–Crippen MR) is 119 cm³/mol. The van der Waals surface area contributed by atoms with Crippen LogP contribution in [-0.4, -0.2) is 23.3 Å². The van der Waals surface area contributed by atoms with Crippen molar-refractivity contribution in [3.05, 3.63) is 71.0 Å². The van der Waals surface area contributed by atoms with Crippen molar-refractivity contribution in [2.24, 2.45) is 11.8 Å². The molecule has 2 aromatic rings. The molecule has 2 aliphatic rings. The van der Waals surface area contributed by atoms with Crippen LogP contribution >= 0.6 is 0 Å². The molecule has 1 saturated carbocycles. The number of rotatable bonds is 5. The average Bonchev–Trinajstić information content (AvgIpc) is 3.32. The fraction of sp³-hybridized carbons (Fsp3) is 0.462. The summed E-state index contributed by atoms with van der Waals surface area (Å²) in [6.07, 6.45) is 5.58. The van der Waals surface area contributed by atoms with Crippen LogP contribution in [0.25, 0.3) is 0 Å². The van der Waals surface area contributed by atoms with Crippen LogP contribution < -0.4 is 5.32 Å². The van der Waals surface area contributed by atoms with Crippen LogP contribution in [0.4, 0.5) is 4.39 Å². The average molecular weight is 423 g/mol. The number of amides is 2. The molecule has 2 aromatic carbocycles. The normalized spacial score (nSPS) is 21.8. The van der Waals surface area contributed by atoms with Gasteiger partial charge in [-0.3, -0.25) is 9.59 Å². The summed E-state index contributed by atoms with van der Waals surface area (Å²) in [5.41, 5.74) is 2.80. The lowest BCUT2D eigenvalue weighted by molar-refractivity contribution is -0.142. The third kappa shape index (κ3) is 4.97. The maximum Gasteiger partial charge on any atom is 0.226 e. The van der Waals surface area contributed by atoms with Crippen molar-refractivity contribution in [1.82, 2.24) is 10.2 Å². The first kappa shape index (κ1) is 21.5. The second-order valence-corrected chi connectivity index (χ2v) is 8.99. The molecule has 0 unspecified atom stereocenters. The molecule has 2 fully saturated rings. The number of nitrogens with one attached hydrogen (secondary N) is 1. The number of nitrogens with zero attached hydrogens (tertiary/aromatic N) is 1. The minimum absolute atomic E-state index is 0.0172. The van der Waals surface area contributed by atoms with Crippen LogP contribution in [0, 0.1) is 24.6 Å². The summed E-state index contributed by atoms with van der Waals surface area (Å²) in [7, 11) is 0. The van der Waals surface area contributed by atoms with Crippen molar-refractivity contribution in [2.45, 2.75) is 58.0 Å². The Hall–Kier alpha value is -2.69. The first-order valence-electron chi connectivity index (χ1n) is 11.4. The summed E-state index contributed by atoms with van der Waals surface area (Å²) in [4.78, 5) is 28.3. The molecule has 0 spiro atoms. The van der Waals surface area contributed by atoms with E-state index in [0.29, 0.717) is 12.1 Å². The Morgan fingerprint density at radius 3 is 2.52 bits per heavy atom. The number of carbonyl (C=O) groups is 2. The van der Waals surface area contributed by atoms with Crippen LogP contribution in [0.3, 0.4) is 0 Å². The van der Waals surface area contributed by atoms with Crippen LogP contribution in [0.2, 0.25) is 0 Å². The van der Waals surface area contributed by atoms with E-state index >= 15 is 0 Å². The van der Waals surface area contributed by atoms with Crippen LogP contribution in [0.15, 0.2) is 48.5 Å². The molecule has 4 nitrogen and oxygen atoms in total. The van der Waals surface area contributed by atoms with E-state index in [2.05, 4.69) is 30.4 Å². The monoisotopic (exact) mass is 422 g/mol. The minimum Gasteiger partial charge on any atom is -0.352 e. The number of hydrogen-bond donors (Lipinski definition) is 1. The molecule has 1 aliphatic carbocycles. The number of benzene rings is 2. The Morgan fingerprint density at radius 1 is 1.00 bits per heavy atom. The molecular formula is C26H31FN2O2. The number of hydrogen-bond acceptors (Lipinski definition) is 2. The number of likely N-dealkylation sites (tertiary alicyclic amines) is 1. The quantitative estimate of drug-likeness (QED) is 0.744. The molecule has 0 bridgehead atoms. The molecule has 1 saturated heterocycles. The highest BCUT2D eigenvalue weighted by atomic mass is 19.1. The summed E-state index contributed by atoms with van der Waals surface area (Å²) in [6, 6.07) is 14.8. The molecule has 0 radical (unpaired) electrons. The summed E-state index contributed by atoms with van der Waals surface area (Å²) < 4.78 is 13.9. The van der Waals surface area contributed by atoms with Gasteiger partial charge < -0.3 is 10.2 Å². The molecule has 1 aliphatic heterocycles. The Balaban J connectivity index is 1.48. The molecule has 1 N–H and O–H groups in total. The van der Waals surface area contributed by atoms with E-state index in [1.807, 2.05) is 11.0 Å². The van der Waals surface area contributed by atoms with Gasteiger partial charge in [0.25, 0.3) is 0 Å². The van der Waals surface area contributed by atoms with Gasteiger partial charge in [0, 0.05) is 24.6 Å². The number of aryl methyl sites for hydroxylation is 1. The van der Waals surface area contributed by atoms with Gasteiger partial charge >= 0.3 is 0 Å². The van der Waals surface area contributed by atoms with Crippen LogP contribution in [-0.2, 0) is 16.1 Å². The highest BCUT2D eigenvalue weighted by Gasteiger charge is 2.38. The second kappa shape index (κ2) is 9.63. The Bertz CT molecular complexity index is 939. The van der Waals surface area contributed by atoms with E-state index in [-0.39, 0.29) is 42.1 Å². The van der Waals surface area contributed by atoms with E-state index in [0.717, 1.165) is 44.1 Å². The maximum atomic E-state index is 13.9. The van der Waals surface area contributed by atoms with Gasteiger partial charge in [-0.2, -0.15) is 0 Å². The van der Waals surface area contributed by atoms with Crippen LogP contribution in [0.1, 0.15) is 61.3 Å². The summed E-state index contributed by atoms with van der Waals surface area (Å²) in [6.45, 7) is 2.66. The van der Waals surface area contributed by atoms with Gasteiger partial charge in [-0.25, -0.2) is 4.39 Å². The fourth-order valence-electron chi connectivity index (χ4n) is 5.03. The van der Waals surface area contributed by atoms with Gasteiger partial charge in [-0.05, 0) is 44.2 Å². The summed E-state index contributed by atoms with van der Waals surface area (Å²) >= 11 is 0. The SMILES string of the molecule is Cc1cccc([C@H]2CC[C@@H](C(=O)NCc3ccccc3F)CN2C(=O)C2CCCC2)c1. The molecule has 5 heteroatoms. The predicted octanol–water partition coefficient (Wildman–Crippen LogP) is 4.92. The lowest BCUT2D eigenvalue weighted by atomic mass is 9.86. The number of halogens is 1. The van der Waals surface area contributed by atoms with Crippen molar-refractivity contribution in [3.8, 4) is 0 Å².